The summed E-state index contributed by atoms with van der Waals surface area (Å²) in [5.74, 6) is -1.81. The van der Waals surface area contributed by atoms with E-state index in [1.807, 2.05) is 13.8 Å². The van der Waals surface area contributed by atoms with Gasteiger partial charge >= 0.3 is 6.03 Å². The molecule has 3 amide bonds. The van der Waals surface area contributed by atoms with E-state index in [9.17, 15) is 18.4 Å². The van der Waals surface area contributed by atoms with Crippen LogP contribution in [-0.4, -0.2) is 18.5 Å². The van der Waals surface area contributed by atoms with Gasteiger partial charge in [-0.2, -0.15) is 0 Å². The maximum atomic E-state index is 13.1. The molecule has 0 spiro atoms. The lowest BCUT2D eigenvalue weighted by atomic mass is 10.2. The Kier molecular flexibility index (Phi) is 7.30. The number of nitrogens with two attached hydrogens (primary N) is 1. The van der Waals surface area contributed by atoms with Crippen LogP contribution >= 0.6 is 0 Å². The van der Waals surface area contributed by atoms with Gasteiger partial charge < -0.3 is 20.8 Å². The molecule has 0 saturated heterocycles. The van der Waals surface area contributed by atoms with Gasteiger partial charge in [0.2, 0.25) is 5.91 Å². The Balaban J connectivity index is 0.000000218. The summed E-state index contributed by atoms with van der Waals surface area (Å²) in [5, 5.41) is 5.58. The van der Waals surface area contributed by atoms with Crippen molar-refractivity contribution in [3.05, 3.63) is 65.4 Å². The maximum Gasteiger partial charge on any atom is 0.319 e. The van der Waals surface area contributed by atoms with Gasteiger partial charge in [0, 0.05) is 17.8 Å². The standard InChI is InChI=1S/C12H17N3O2.C9H6F2O/c1-8(2)7-14-12(17)15-10-5-3-4-9(6-10)11(13)16;1-5-4-12-7-3-2-6(10)9(11)8(5)7/h3-6,8H,7H2,1-2H3,(H2,13,16)(H2,14,15,17);2-4H,1H3. The zero-order valence-corrected chi connectivity index (χ0v) is 16.4. The minimum absolute atomic E-state index is 0.231. The van der Waals surface area contributed by atoms with Crippen LogP contribution in [0.15, 0.2) is 47.1 Å². The lowest BCUT2D eigenvalue weighted by molar-refractivity contribution is 0.1000. The van der Waals surface area contributed by atoms with Gasteiger partial charge in [-0.1, -0.05) is 19.9 Å². The maximum absolute atomic E-state index is 13.1. The smallest absolute Gasteiger partial charge is 0.319 e. The van der Waals surface area contributed by atoms with E-state index in [0.29, 0.717) is 34.9 Å². The first-order valence-electron chi connectivity index (χ1n) is 8.95. The highest BCUT2D eigenvalue weighted by atomic mass is 19.2. The van der Waals surface area contributed by atoms with Gasteiger partial charge in [-0.05, 0) is 48.7 Å². The van der Waals surface area contributed by atoms with E-state index in [-0.39, 0.29) is 11.4 Å². The molecule has 1 heterocycles. The minimum Gasteiger partial charge on any atom is -0.464 e. The summed E-state index contributed by atoms with van der Waals surface area (Å²) in [6, 6.07) is 8.68. The molecule has 3 aromatic rings. The first-order valence-corrected chi connectivity index (χ1v) is 8.95. The Morgan fingerprint density at radius 3 is 2.55 bits per heavy atom. The Morgan fingerprint density at radius 1 is 1.17 bits per heavy atom. The van der Waals surface area contributed by atoms with E-state index in [2.05, 4.69) is 10.6 Å². The molecule has 0 atom stereocenters. The third-order valence-corrected chi connectivity index (χ3v) is 3.89. The lowest BCUT2D eigenvalue weighted by Crippen LogP contribution is -2.31. The number of amides is 3. The van der Waals surface area contributed by atoms with Crippen LogP contribution in [0.2, 0.25) is 0 Å². The molecule has 8 heteroatoms. The predicted octanol–water partition coefficient (Wildman–Crippen LogP) is 4.58. The van der Waals surface area contributed by atoms with Crippen LogP contribution in [0.25, 0.3) is 11.0 Å². The van der Waals surface area contributed by atoms with Gasteiger partial charge in [-0.15, -0.1) is 0 Å². The number of hydrogen-bond donors (Lipinski definition) is 3. The zero-order valence-electron chi connectivity index (χ0n) is 16.4. The number of fused-ring (bicyclic) bond motifs is 1. The third kappa shape index (κ3) is 6.03. The number of anilines is 1. The fourth-order valence-corrected chi connectivity index (χ4v) is 2.43. The van der Waals surface area contributed by atoms with Gasteiger partial charge in [0.1, 0.15) is 5.58 Å². The van der Waals surface area contributed by atoms with Crippen molar-refractivity contribution in [3.63, 3.8) is 0 Å². The number of halogens is 2. The highest BCUT2D eigenvalue weighted by Gasteiger charge is 2.11. The van der Waals surface area contributed by atoms with Crippen LogP contribution in [0, 0.1) is 24.5 Å². The molecule has 0 saturated carbocycles. The average Bonchev–Trinajstić information content (AvgIpc) is 3.05. The number of primary amides is 1. The fourth-order valence-electron chi connectivity index (χ4n) is 2.43. The number of urea groups is 1. The number of rotatable bonds is 4. The van der Waals surface area contributed by atoms with Gasteiger partial charge in [0.05, 0.1) is 11.6 Å². The summed E-state index contributed by atoms with van der Waals surface area (Å²) >= 11 is 0. The van der Waals surface area contributed by atoms with Gasteiger partial charge in [-0.3, -0.25) is 4.79 Å². The summed E-state index contributed by atoms with van der Waals surface area (Å²) in [6.45, 7) is 6.29. The largest absolute Gasteiger partial charge is 0.464 e. The normalized spacial score (nSPS) is 10.4. The van der Waals surface area contributed by atoms with Crippen LogP contribution in [0.1, 0.15) is 29.8 Å². The van der Waals surface area contributed by atoms with E-state index >= 15 is 0 Å². The molecule has 0 fully saturated rings. The summed E-state index contributed by atoms with van der Waals surface area (Å²) < 4.78 is 30.7. The number of hydrogen-bond acceptors (Lipinski definition) is 3. The molecule has 0 radical (unpaired) electrons. The fraction of sp³-hybridized carbons (Fsp3) is 0.238. The van der Waals surface area contributed by atoms with Crippen molar-refractivity contribution in [1.82, 2.24) is 5.32 Å². The van der Waals surface area contributed by atoms with Crippen LogP contribution in [0.4, 0.5) is 19.3 Å². The van der Waals surface area contributed by atoms with Crippen LogP contribution in [-0.2, 0) is 0 Å². The Morgan fingerprint density at radius 2 is 1.90 bits per heavy atom. The van der Waals surface area contributed by atoms with Crippen molar-refractivity contribution in [1.29, 1.82) is 0 Å². The van der Waals surface area contributed by atoms with Crippen LogP contribution in [0.3, 0.4) is 0 Å². The molecule has 6 nitrogen and oxygen atoms in total. The molecule has 154 valence electrons. The second-order valence-electron chi connectivity index (χ2n) is 6.83. The highest BCUT2D eigenvalue weighted by molar-refractivity contribution is 5.95. The topological polar surface area (TPSA) is 97.4 Å². The van der Waals surface area contributed by atoms with E-state index in [4.69, 9.17) is 10.2 Å². The van der Waals surface area contributed by atoms with Crippen molar-refractivity contribution in [2.24, 2.45) is 11.7 Å². The number of nitrogens with one attached hydrogen (secondary N) is 2. The van der Waals surface area contributed by atoms with E-state index < -0.39 is 17.5 Å². The zero-order chi connectivity index (χ0) is 21.6. The molecular formula is C21H23F2N3O3. The first-order chi connectivity index (χ1) is 13.7. The van der Waals surface area contributed by atoms with Crippen molar-refractivity contribution in [2.75, 3.05) is 11.9 Å². The molecule has 1 aromatic heterocycles. The second kappa shape index (κ2) is 9.68. The predicted molar refractivity (Wildman–Crippen MR) is 108 cm³/mol. The Bertz CT molecular complexity index is 1020. The van der Waals surface area contributed by atoms with Crippen molar-refractivity contribution < 1.29 is 22.8 Å². The minimum atomic E-state index is -0.841. The van der Waals surface area contributed by atoms with E-state index in [1.165, 1.54) is 18.4 Å². The van der Waals surface area contributed by atoms with E-state index in [0.717, 1.165) is 6.07 Å². The van der Waals surface area contributed by atoms with Crippen molar-refractivity contribution >= 4 is 28.6 Å². The quantitative estimate of drug-likeness (QED) is 0.595. The molecule has 0 bridgehead atoms. The number of benzene rings is 2. The van der Waals surface area contributed by atoms with Gasteiger partial charge in [0.25, 0.3) is 0 Å². The Hall–Kier alpha value is -3.42. The third-order valence-electron chi connectivity index (χ3n) is 3.89. The molecular weight excluding hydrogens is 380 g/mol. The van der Waals surface area contributed by atoms with Crippen molar-refractivity contribution in [3.8, 4) is 0 Å². The summed E-state index contributed by atoms with van der Waals surface area (Å²) in [5.41, 5.74) is 7.05. The van der Waals surface area contributed by atoms with Gasteiger partial charge in [0.15, 0.2) is 11.6 Å². The molecule has 4 N–H and O–H groups in total. The molecule has 29 heavy (non-hydrogen) atoms. The molecule has 0 aliphatic rings. The molecule has 2 aromatic carbocycles. The Labute approximate surface area is 167 Å². The van der Waals surface area contributed by atoms with Crippen molar-refractivity contribution in [2.45, 2.75) is 20.8 Å². The van der Waals surface area contributed by atoms with Crippen LogP contribution < -0.4 is 16.4 Å². The molecule has 3 rings (SSSR count). The number of furan rings is 1. The first kappa shape index (κ1) is 21.9. The monoisotopic (exact) mass is 403 g/mol. The number of aryl methyl sites for hydroxylation is 1. The summed E-state index contributed by atoms with van der Waals surface area (Å²) in [7, 11) is 0. The molecule has 0 unspecified atom stereocenters. The molecule has 0 aliphatic carbocycles. The van der Waals surface area contributed by atoms with Crippen LogP contribution in [0.5, 0.6) is 0 Å². The highest BCUT2D eigenvalue weighted by Crippen LogP contribution is 2.24. The molecule has 0 aliphatic heterocycles. The number of carbonyl (C=O) groups excluding carboxylic acids is 2. The SMILES string of the molecule is CC(C)CNC(=O)Nc1cccc(C(N)=O)c1.Cc1coc2ccc(F)c(F)c12. The summed E-state index contributed by atoms with van der Waals surface area (Å²) in [4.78, 5) is 22.4. The second-order valence-corrected chi connectivity index (χ2v) is 6.83. The average molecular weight is 403 g/mol. The van der Waals surface area contributed by atoms with Gasteiger partial charge in [-0.25, -0.2) is 13.6 Å². The number of carbonyl (C=O) groups is 2. The lowest BCUT2D eigenvalue weighted by Gasteiger charge is -2.09. The van der Waals surface area contributed by atoms with E-state index in [1.54, 1.807) is 25.1 Å². The summed E-state index contributed by atoms with van der Waals surface area (Å²) in [6.07, 6.45) is 1.41.